The van der Waals surface area contributed by atoms with Crippen molar-refractivity contribution in [2.45, 2.75) is 315 Å². The van der Waals surface area contributed by atoms with Gasteiger partial charge in [-0.25, -0.2) is 4.57 Å². The van der Waals surface area contributed by atoms with Crippen molar-refractivity contribution in [3.63, 3.8) is 0 Å². The maximum absolute atomic E-state index is 13.5. The Morgan fingerprint density at radius 1 is 0.456 bits per heavy atom. The molecule has 0 aliphatic rings. The summed E-state index contributed by atoms with van der Waals surface area (Å²) in [6.07, 6.45) is 76.3. The van der Waals surface area contributed by atoms with Crippen LogP contribution >= 0.6 is 7.82 Å². The molecular formula is C69H128N2O7P+. The molecule has 0 rings (SSSR count). The Labute approximate surface area is 489 Å². The van der Waals surface area contributed by atoms with Gasteiger partial charge < -0.3 is 19.4 Å². The molecule has 0 aliphatic carbocycles. The topological polar surface area (TPSA) is 111 Å². The molecule has 0 spiro atoms. The Bertz CT molecular complexity index is 1580. The maximum atomic E-state index is 13.5. The number of nitrogens with zero attached hydrogens (tertiary/aromatic N) is 1. The Kier molecular flexibility index (Phi) is 56.7. The van der Waals surface area contributed by atoms with Crippen LogP contribution in [0.4, 0.5) is 0 Å². The van der Waals surface area contributed by atoms with Gasteiger partial charge in [0.15, 0.2) is 0 Å². The summed E-state index contributed by atoms with van der Waals surface area (Å²) < 4.78 is 30.7. The lowest BCUT2D eigenvalue weighted by Crippen LogP contribution is -2.47. The Balaban J connectivity index is 5.14. The summed E-state index contributed by atoms with van der Waals surface area (Å²) in [5, 5.41) is 3.04. The molecule has 0 saturated heterocycles. The molecule has 0 saturated carbocycles. The molecule has 0 aliphatic heterocycles. The first-order chi connectivity index (χ1) is 38.4. The summed E-state index contributed by atoms with van der Waals surface area (Å²) in [6.45, 7) is 6.89. The zero-order valence-corrected chi connectivity index (χ0v) is 53.5. The van der Waals surface area contributed by atoms with Crippen LogP contribution in [0, 0.1) is 0 Å². The molecular weight excluding hydrogens is 1000 g/mol. The lowest BCUT2D eigenvalue weighted by Gasteiger charge is -2.27. The van der Waals surface area contributed by atoms with Crippen LogP contribution in [-0.4, -0.2) is 74.3 Å². The van der Waals surface area contributed by atoms with Gasteiger partial charge in [-0.05, 0) is 76.7 Å². The Morgan fingerprint density at radius 2 is 0.810 bits per heavy atom. The molecule has 9 nitrogen and oxygen atoms in total. The van der Waals surface area contributed by atoms with Crippen molar-refractivity contribution in [2.24, 2.45) is 0 Å². The van der Waals surface area contributed by atoms with Gasteiger partial charge in [-0.1, -0.05) is 287 Å². The number of hydrogen-bond donors (Lipinski definition) is 2. The molecule has 0 fully saturated rings. The van der Waals surface area contributed by atoms with E-state index in [9.17, 15) is 19.0 Å². The summed E-state index contributed by atoms with van der Waals surface area (Å²) in [5.74, 6) is -0.535. The van der Waals surface area contributed by atoms with Crippen molar-refractivity contribution in [1.82, 2.24) is 5.32 Å². The van der Waals surface area contributed by atoms with Gasteiger partial charge in [0.2, 0.25) is 5.91 Å². The van der Waals surface area contributed by atoms with Crippen LogP contribution in [0.25, 0.3) is 0 Å². The van der Waals surface area contributed by atoms with Gasteiger partial charge in [-0.15, -0.1) is 0 Å². The second-order valence-corrected chi connectivity index (χ2v) is 25.1. The fraction of sp³-hybridized carbons (Fsp3) is 0.797. The lowest BCUT2D eigenvalue weighted by atomic mass is 10.0. The zero-order valence-electron chi connectivity index (χ0n) is 52.6. The fourth-order valence-electron chi connectivity index (χ4n) is 9.56. The maximum Gasteiger partial charge on any atom is 0.472 e. The van der Waals surface area contributed by atoms with Crippen LogP contribution in [0.1, 0.15) is 303 Å². The standard InChI is InChI=1S/C69H127N2O7P/c1-7-10-13-16-19-22-25-27-29-31-33-34-35-36-38-40-42-44-47-50-53-56-59-62-69(73)78-67(60-57-54-51-48-45-24-21-18-15-12-9-3)66(65-77-79(74,75)76-64-63-71(4,5)6)70-68(72)61-58-55-52-49-46-43-41-39-37-32-30-28-26-23-20-17-14-11-8-2/h11,14,20,23,28,30,37,39,43,46,57,60,66-67H,7-10,12-13,15-19,21-22,24-27,29,31-36,38,40-42,44-45,47-56,58-59,61-65H2,1-6H3,(H-,70,72,74,75)/p+1/b14-11-,23-20-,30-28-,39-37-,46-43-,60-57+. The molecule has 460 valence electrons. The van der Waals surface area contributed by atoms with Gasteiger partial charge >= 0.3 is 13.8 Å². The number of unbranched alkanes of at least 4 members (excludes halogenated alkanes) is 34. The number of rotatable bonds is 60. The minimum absolute atomic E-state index is 0.0323. The van der Waals surface area contributed by atoms with Crippen LogP contribution in [0.15, 0.2) is 72.9 Å². The monoisotopic (exact) mass is 1130 g/mol. The molecule has 0 radical (unpaired) electrons. The van der Waals surface area contributed by atoms with Crippen LogP contribution in [0.2, 0.25) is 0 Å². The van der Waals surface area contributed by atoms with E-state index in [1.165, 1.54) is 173 Å². The van der Waals surface area contributed by atoms with E-state index in [1.807, 2.05) is 33.3 Å². The van der Waals surface area contributed by atoms with Gasteiger partial charge in [0.05, 0.1) is 33.8 Å². The molecule has 0 aromatic rings. The second-order valence-electron chi connectivity index (χ2n) is 23.6. The number of likely N-dealkylation sites (N-methyl/N-ethyl adjacent to an activating group) is 1. The summed E-state index contributed by atoms with van der Waals surface area (Å²) in [5.41, 5.74) is 0. The molecule has 2 N–H and O–H groups in total. The van der Waals surface area contributed by atoms with E-state index >= 15 is 0 Å². The van der Waals surface area contributed by atoms with Gasteiger partial charge in [-0.3, -0.25) is 18.6 Å². The summed E-state index contributed by atoms with van der Waals surface area (Å²) in [4.78, 5) is 37.8. The molecule has 0 aromatic heterocycles. The van der Waals surface area contributed by atoms with E-state index in [-0.39, 0.29) is 31.5 Å². The van der Waals surface area contributed by atoms with Crippen LogP contribution in [0.5, 0.6) is 0 Å². The number of quaternary nitrogens is 1. The van der Waals surface area contributed by atoms with Crippen molar-refractivity contribution < 1.29 is 37.3 Å². The molecule has 0 heterocycles. The highest BCUT2D eigenvalue weighted by Crippen LogP contribution is 2.43. The number of ether oxygens (including phenoxy) is 1. The number of phosphoric acid groups is 1. The first kappa shape index (κ1) is 76.5. The molecule has 10 heteroatoms. The van der Waals surface area contributed by atoms with Crippen LogP contribution in [0.3, 0.4) is 0 Å². The molecule has 0 aromatic carbocycles. The minimum Gasteiger partial charge on any atom is -0.456 e. The molecule has 79 heavy (non-hydrogen) atoms. The number of phosphoric ester groups is 1. The molecule has 1 amide bonds. The van der Waals surface area contributed by atoms with E-state index in [2.05, 4.69) is 86.8 Å². The van der Waals surface area contributed by atoms with Gasteiger partial charge in [-0.2, -0.15) is 0 Å². The average molecular weight is 1130 g/mol. The smallest absolute Gasteiger partial charge is 0.456 e. The van der Waals surface area contributed by atoms with Crippen LogP contribution < -0.4 is 5.32 Å². The first-order valence-electron chi connectivity index (χ1n) is 33.3. The largest absolute Gasteiger partial charge is 0.472 e. The third-order valence-corrected chi connectivity index (χ3v) is 15.6. The highest BCUT2D eigenvalue weighted by atomic mass is 31.2. The predicted octanol–water partition coefficient (Wildman–Crippen LogP) is 20.8. The second kappa shape index (κ2) is 58.6. The number of amides is 1. The first-order valence-corrected chi connectivity index (χ1v) is 34.8. The predicted molar refractivity (Wildman–Crippen MR) is 341 cm³/mol. The quantitative estimate of drug-likeness (QED) is 0.0205. The van der Waals surface area contributed by atoms with E-state index in [1.54, 1.807) is 0 Å². The van der Waals surface area contributed by atoms with Gasteiger partial charge in [0.25, 0.3) is 0 Å². The van der Waals surface area contributed by atoms with E-state index in [0.29, 0.717) is 23.9 Å². The Morgan fingerprint density at radius 3 is 1.23 bits per heavy atom. The van der Waals surface area contributed by atoms with Crippen molar-refractivity contribution >= 4 is 19.7 Å². The Hall–Kier alpha value is -2.55. The van der Waals surface area contributed by atoms with Gasteiger partial charge in [0, 0.05) is 12.8 Å². The van der Waals surface area contributed by atoms with Crippen molar-refractivity contribution in [3.05, 3.63) is 72.9 Å². The third-order valence-electron chi connectivity index (χ3n) is 14.7. The SMILES string of the molecule is CC/C=C\C/C=C\C/C=C\C/C=C\C/C=C\CCCCCC(=O)NC(COP(=O)(O)OCC[N+](C)(C)C)C(/C=C/CCCCCCCCCCC)OC(=O)CCCCCCCCCCCCCCCCCCCCCCCCC. The summed E-state index contributed by atoms with van der Waals surface area (Å²) in [6, 6.07) is -0.867. The van der Waals surface area contributed by atoms with E-state index in [0.717, 1.165) is 89.9 Å². The summed E-state index contributed by atoms with van der Waals surface area (Å²) in [7, 11) is 1.47. The number of hydrogen-bond acceptors (Lipinski definition) is 6. The lowest BCUT2D eigenvalue weighted by molar-refractivity contribution is -0.870. The number of carbonyl (C=O) groups excluding carboxylic acids is 2. The summed E-state index contributed by atoms with van der Waals surface area (Å²) >= 11 is 0. The number of carbonyl (C=O) groups is 2. The highest BCUT2D eigenvalue weighted by Gasteiger charge is 2.30. The normalized spacial score (nSPS) is 14.1. The van der Waals surface area contributed by atoms with Crippen molar-refractivity contribution in [2.75, 3.05) is 40.9 Å². The molecule has 0 bridgehead atoms. The third kappa shape index (κ3) is 59.9. The average Bonchev–Trinajstić information content (AvgIpc) is 3.41. The van der Waals surface area contributed by atoms with Crippen molar-refractivity contribution in [1.29, 1.82) is 0 Å². The zero-order chi connectivity index (χ0) is 57.9. The van der Waals surface area contributed by atoms with E-state index < -0.39 is 20.0 Å². The number of nitrogens with one attached hydrogen (secondary N) is 1. The highest BCUT2D eigenvalue weighted by molar-refractivity contribution is 7.47. The fourth-order valence-corrected chi connectivity index (χ4v) is 10.3. The number of esters is 1. The van der Waals surface area contributed by atoms with Crippen molar-refractivity contribution in [3.8, 4) is 0 Å². The molecule has 3 unspecified atom stereocenters. The van der Waals surface area contributed by atoms with E-state index in [4.69, 9.17) is 13.8 Å². The number of allylic oxidation sites excluding steroid dienone is 11. The van der Waals surface area contributed by atoms with Gasteiger partial charge in [0.1, 0.15) is 19.3 Å². The molecule has 3 atom stereocenters. The van der Waals surface area contributed by atoms with Crippen LogP contribution in [-0.2, 0) is 27.9 Å². The minimum atomic E-state index is -4.46.